The van der Waals surface area contributed by atoms with Gasteiger partial charge in [0.15, 0.2) is 5.76 Å². The number of sulfonamides is 1. The van der Waals surface area contributed by atoms with Gasteiger partial charge >= 0.3 is 0 Å². The largest absolute Gasteiger partial charge is 0.360 e. The van der Waals surface area contributed by atoms with Crippen molar-refractivity contribution in [1.29, 1.82) is 0 Å². The van der Waals surface area contributed by atoms with Crippen LogP contribution < -0.4 is 4.72 Å². The van der Waals surface area contributed by atoms with Crippen LogP contribution in [0.1, 0.15) is 18.4 Å². The van der Waals surface area contributed by atoms with Gasteiger partial charge in [0.2, 0.25) is 10.0 Å². The fourth-order valence-electron chi connectivity index (χ4n) is 1.83. The van der Waals surface area contributed by atoms with Crippen LogP contribution in [0.3, 0.4) is 0 Å². The van der Waals surface area contributed by atoms with Crippen molar-refractivity contribution in [3.05, 3.63) is 24.1 Å². The highest BCUT2D eigenvalue weighted by Crippen LogP contribution is 2.18. The van der Waals surface area contributed by atoms with Crippen molar-refractivity contribution in [2.45, 2.75) is 38.3 Å². The number of aromatic nitrogens is 4. The normalized spacial score (nSPS) is 13.6. The molecule has 0 radical (unpaired) electrons. The summed E-state index contributed by atoms with van der Waals surface area (Å²) in [5.74, 6) is 0.276. The lowest BCUT2D eigenvalue weighted by Crippen LogP contribution is -2.36. The summed E-state index contributed by atoms with van der Waals surface area (Å²) < 4.78 is 33.4. The lowest BCUT2D eigenvalue weighted by molar-refractivity contribution is 0.390. The van der Waals surface area contributed by atoms with Crippen molar-refractivity contribution in [1.82, 2.24) is 24.6 Å². The zero-order valence-corrected chi connectivity index (χ0v) is 11.7. The first-order chi connectivity index (χ1) is 8.90. The van der Waals surface area contributed by atoms with Crippen molar-refractivity contribution in [3.8, 4) is 0 Å². The van der Waals surface area contributed by atoms with Crippen LogP contribution in [-0.4, -0.2) is 34.4 Å². The van der Waals surface area contributed by atoms with E-state index in [0.29, 0.717) is 12.2 Å². The molecular weight excluding hydrogens is 270 g/mol. The van der Waals surface area contributed by atoms with Crippen LogP contribution in [0, 0.1) is 13.8 Å². The number of nitrogens with one attached hydrogen (secondary N) is 1. The molecule has 0 aliphatic heterocycles. The van der Waals surface area contributed by atoms with Crippen molar-refractivity contribution in [2.75, 3.05) is 0 Å². The molecule has 0 aliphatic rings. The summed E-state index contributed by atoms with van der Waals surface area (Å²) in [7, 11) is -3.65. The summed E-state index contributed by atoms with van der Waals surface area (Å²) in [6, 6.07) is -0.333. The molecule has 0 bridgehead atoms. The van der Waals surface area contributed by atoms with Gasteiger partial charge in [0.25, 0.3) is 0 Å². The molecule has 0 aromatic carbocycles. The Hall–Kier alpha value is -1.74. The highest BCUT2D eigenvalue weighted by Gasteiger charge is 2.25. The molecule has 0 unspecified atom stereocenters. The minimum atomic E-state index is -3.65. The third-order valence-corrected chi connectivity index (χ3v) is 4.35. The molecule has 0 saturated carbocycles. The van der Waals surface area contributed by atoms with Crippen molar-refractivity contribution < 1.29 is 12.9 Å². The average molecular weight is 285 g/mol. The maximum absolute atomic E-state index is 12.2. The summed E-state index contributed by atoms with van der Waals surface area (Å²) in [4.78, 5) is 3.89. The van der Waals surface area contributed by atoms with Crippen molar-refractivity contribution in [3.63, 3.8) is 0 Å². The molecule has 2 aromatic rings. The van der Waals surface area contributed by atoms with Crippen molar-refractivity contribution in [2.24, 2.45) is 0 Å². The Morgan fingerprint density at radius 2 is 2.21 bits per heavy atom. The standard InChI is InChI=1S/C10H15N5O3S/c1-7(4-15-6-11-5-12-15)14-19(16,17)10-8(2)13-18-9(10)3/h5-7,14H,4H2,1-3H3/t7-/m1/s1. The summed E-state index contributed by atoms with van der Waals surface area (Å²) in [5, 5.41) is 7.57. The van der Waals surface area contributed by atoms with E-state index < -0.39 is 10.0 Å². The monoisotopic (exact) mass is 285 g/mol. The van der Waals surface area contributed by atoms with Crippen LogP contribution in [-0.2, 0) is 16.6 Å². The molecule has 0 saturated heterocycles. The van der Waals surface area contributed by atoms with E-state index in [2.05, 4.69) is 20.0 Å². The molecule has 0 fully saturated rings. The molecule has 2 rings (SSSR count). The van der Waals surface area contributed by atoms with Gasteiger partial charge in [0.1, 0.15) is 23.2 Å². The molecule has 1 atom stereocenters. The lowest BCUT2D eigenvalue weighted by atomic mass is 10.4. The minimum absolute atomic E-state index is 0.0953. The third kappa shape index (κ3) is 2.99. The van der Waals surface area contributed by atoms with E-state index in [1.165, 1.54) is 12.7 Å². The molecule has 2 heterocycles. The van der Waals surface area contributed by atoms with Crippen LogP contribution in [0.25, 0.3) is 0 Å². The highest BCUT2D eigenvalue weighted by atomic mass is 32.2. The van der Waals surface area contributed by atoms with E-state index in [-0.39, 0.29) is 16.7 Å². The lowest BCUT2D eigenvalue weighted by Gasteiger charge is -2.13. The average Bonchev–Trinajstić information content (AvgIpc) is 2.88. The van der Waals surface area contributed by atoms with E-state index in [1.807, 2.05) is 0 Å². The van der Waals surface area contributed by atoms with Gasteiger partial charge in [-0.05, 0) is 20.8 Å². The number of hydrogen-bond acceptors (Lipinski definition) is 6. The fraction of sp³-hybridized carbons (Fsp3) is 0.500. The Balaban J connectivity index is 2.13. The molecule has 1 N–H and O–H groups in total. The van der Waals surface area contributed by atoms with Crippen LogP contribution in [0.4, 0.5) is 0 Å². The Kier molecular flexibility index (Phi) is 3.67. The van der Waals surface area contributed by atoms with Crippen molar-refractivity contribution >= 4 is 10.0 Å². The maximum atomic E-state index is 12.2. The maximum Gasteiger partial charge on any atom is 0.246 e. The molecular formula is C10H15N5O3S. The number of rotatable bonds is 5. The summed E-state index contributed by atoms with van der Waals surface area (Å²) in [6.07, 6.45) is 2.93. The van der Waals surface area contributed by atoms with E-state index in [9.17, 15) is 8.42 Å². The molecule has 19 heavy (non-hydrogen) atoms. The van der Waals surface area contributed by atoms with Crippen LogP contribution in [0.5, 0.6) is 0 Å². The molecule has 8 nitrogen and oxygen atoms in total. The second kappa shape index (κ2) is 5.10. The number of hydrogen-bond donors (Lipinski definition) is 1. The van der Waals surface area contributed by atoms with E-state index in [1.54, 1.807) is 25.5 Å². The molecule has 0 amide bonds. The predicted molar refractivity (Wildman–Crippen MR) is 65.8 cm³/mol. The van der Waals surface area contributed by atoms with Gasteiger partial charge in [-0.3, -0.25) is 4.68 Å². The van der Waals surface area contributed by atoms with E-state index in [4.69, 9.17) is 4.52 Å². The zero-order chi connectivity index (χ0) is 14.0. The van der Waals surface area contributed by atoms with Gasteiger partial charge < -0.3 is 4.52 Å². The SMILES string of the molecule is Cc1noc(C)c1S(=O)(=O)N[C@H](C)Cn1cncn1. The number of nitrogens with zero attached hydrogens (tertiary/aromatic N) is 4. The smallest absolute Gasteiger partial charge is 0.246 e. The van der Waals surface area contributed by atoms with Crippen LogP contribution in [0.2, 0.25) is 0 Å². The number of aryl methyl sites for hydroxylation is 2. The molecule has 2 aromatic heterocycles. The minimum Gasteiger partial charge on any atom is -0.360 e. The zero-order valence-electron chi connectivity index (χ0n) is 10.9. The predicted octanol–water partition coefficient (Wildman–Crippen LogP) is 0.250. The summed E-state index contributed by atoms with van der Waals surface area (Å²) >= 11 is 0. The Bertz CT molecular complexity index is 627. The first-order valence-corrected chi connectivity index (χ1v) is 7.16. The van der Waals surface area contributed by atoms with Crippen LogP contribution >= 0.6 is 0 Å². The van der Waals surface area contributed by atoms with Gasteiger partial charge in [-0.25, -0.2) is 18.1 Å². The first-order valence-electron chi connectivity index (χ1n) is 5.68. The quantitative estimate of drug-likeness (QED) is 0.844. The van der Waals surface area contributed by atoms with E-state index in [0.717, 1.165) is 0 Å². The second-order valence-electron chi connectivity index (χ2n) is 4.29. The Morgan fingerprint density at radius 1 is 1.47 bits per heavy atom. The molecule has 9 heteroatoms. The molecule has 0 spiro atoms. The van der Waals surface area contributed by atoms with Gasteiger partial charge in [0, 0.05) is 6.04 Å². The van der Waals surface area contributed by atoms with E-state index >= 15 is 0 Å². The van der Waals surface area contributed by atoms with Gasteiger partial charge in [-0.1, -0.05) is 5.16 Å². The highest BCUT2D eigenvalue weighted by molar-refractivity contribution is 7.89. The molecule has 0 aliphatic carbocycles. The fourth-order valence-corrected chi connectivity index (χ4v) is 3.39. The summed E-state index contributed by atoms with van der Waals surface area (Å²) in [6.45, 7) is 5.30. The Labute approximate surface area is 110 Å². The van der Waals surface area contributed by atoms with Gasteiger partial charge in [0.05, 0.1) is 6.54 Å². The van der Waals surface area contributed by atoms with Crippen LogP contribution in [0.15, 0.2) is 22.1 Å². The van der Waals surface area contributed by atoms with Gasteiger partial charge in [-0.2, -0.15) is 5.10 Å². The van der Waals surface area contributed by atoms with Gasteiger partial charge in [-0.15, -0.1) is 0 Å². The second-order valence-corrected chi connectivity index (χ2v) is 5.94. The molecule has 104 valence electrons. The first kappa shape index (κ1) is 13.7. The Morgan fingerprint density at radius 3 is 2.74 bits per heavy atom. The third-order valence-electron chi connectivity index (χ3n) is 2.52. The topological polar surface area (TPSA) is 103 Å². The summed E-state index contributed by atoms with van der Waals surface area (Å²) in [5.41, 5.74) is 0.345.